The fourth-order valence-corrected chi connectivity index (χ4v) is 4.83. The molecule has 178 valence electrons. The van der Waals surface area contributed by atoms with Crippen LogP contribution in [-0.2, 0) is 35.3 Å². The second kappa shape index (κ2) is 12.0. The maximum Gasteiger partial charge on any atom is 0.158 e. The Balaban J connectivity index is 1.26. The zero-order valence-corrected chi connectivity index (χ0v) is 20.4. The molecule has 4 aromatic carbocycles. The van der Waals surface area contributed by atoms with Crippen LogP contribution in [0.4, 0.5) is 0 Å². The Morgan fingerprint density at radius 3 is 1.74 bits per heavy atom. The Morgan fingerprint density at radius 1 is 0.543 bits per heavy atom. The average molecular weight is 463 g/mol. The lowest BCUT2D eigenvalue weighted by Gasteiger charge is -2.23. The van der Waals surface area contributed by atoms with E-state index in [0.717, 1.165) is 38.7 Å². The number of hydrogen-bond acceptors (Lipinski definition) is 2. The third-order valence-electron chi connectivity index (χ3n) is 6.85. The first-order valence-electron chi connectivity index (χ1n) is 12.8. The predicted octanol–water partition coefficient (Wildman–Crippen LogP) is 7.50. The van der Waals surface area contributed by atoms with E-state index in [0.29, 0.717) is 6.61 Å². The van der Waals surface area contributed by atoms with Crippen molar-refractivity contribution in [2.24, 2.45) is 0 Å². The van der Waals surface area contributed by atoms with E-state index < -0.39 is 0 Å². The van der Waals surface area contributed by atoms with Crippen molar-refractivity contribution in [1.82, 2.24) is 0 Å². The third kappa shape index (κ3) is 6.69. The zero-order valence-electron chi connectivity index (χ0n) is 20.4. The van der Waals surface area contributed by atoms with Gasteiger partial charge in [-0.3, -0.25) is 0 Å². The molecule has 1 atom stereocenters. The Labute approximate surface area is 209 Å². The monoisotopic (exact) mass is 462 g/mol. The molecule has 0 N–H and O–H groups in total. The molecule has 0 spiro atoms. The molecule has 1 heterocycles. The fraction of sp³-hybridized carbons (Fsp3) is 0.273. The fourth-order valence-electron chi connectivity index (χ4n) is 4.83. The molecule has 1 aliphatic rings. The number of ether oxygens (including phenoxy) is 2. The quantitative estimate of drug-likeness (QED) is 0.256. The summed E-state index contributed by atoms with van der Waals surface area (Å²) in [6, 6.07) is 37.2. The van der Waals surface area contributed by atoms with Gasteiger partial charge in [-0.05, 0) is 77.5 Å². The summed E-state index contributed by atoms with van der Waals surface area (Å²) in [7, 11) is 0. The molecule has 1 aliphatic heterocycles. The summed E-state index contributed by atoms with van der Waals surface area (Å²) in [5, 5.41) is 0. The van der Waals surface area contributed by atoms with Gasteiger partial charge in [-0.15, -0.1) is 0 Å². The van der Waals surface area contributed by atoms with Crippen LogP contribution in [0, 0.1) is 0 Å². The van der Waals surface area contributed by atoms with E-state index in [1.54, 1.807) is 0 Å². The van der Waals surface area contributed by atoms with Crippen molar-refractivity contribution in [3.8, 4) is 0 Å². The summed E-state index contributed by atoms with van der Waals surface area (Å²) in [6.45, 7) is 1.42. The maximum absolute atomic E-state index is 6.10. The average Bonchev–Trinajstić information content (AvgIpc) is 2.92. The van der Waals surface area contributed by atoms with Crippen LogP contribution in [0.5, 0.6) is 0 Å². The number of hydrogen-bond donors (Lipinski definition) is 0. The van der Waals surface area contributed by atoms with Gasteiger partial charge in [0.2, 0.25) is 0 Å². The van der Waals surface area contributed by atoms with E-state index in [1.807, 2.05) is 0 Å². The van der Waals surface area contributed by atoms with Gasteiger partial charge in [-0.1, -0.05) is 103 Å². The van der Waals surface area contributed by atoms with Gasteiger partial charge in [0.15, 0.2) is 6.29 Å². The first-order chi connectivity index (χ1) is 17.3. The topological polar surface area (TPSA) is 18.5 Å². The lowest BCUT2D eigenvalue weighted by Crippen LogP contribution is -2.22. The van der Waals surface area contributed by atoms with Gasteiger partial charge < -0.3 is 9.47 Å². The molecule has 1 fully saturated rings. The minimum Gasteiger partial charge on any atom is -0.353 e. The van der Waals surface area contributed by atoms with Crippen molar-refractivity contribution in [3.05, 3.63) is 142 Å². The van der Waals surface area contributed by atoms with E-state index in [2.05, 4.69) is 103 Å². The summed E-state index contributed by atoms with van der Waals surface area (Å²) in [5.41, 5.74) is 9.39. The van der Waals surface area contributed by atoms with Crippen molar-refractivity contribution < 1.29 is 9.47 Å². The summed E-state index contributed by atoms with van der Waals surface area (Å²) in [5.74, 6) is 0. The molecule has 35 heavy (non-hydrogen) atoms. The lowest BCUT2D eigenvalue weighted by atomic mass is 9.93. The van der Waals surface area contributed by atoms with Gasteiger partial charge in [0, 0.05) is 6.61 Å². The van der Waals surface area contributed by atoms with Crippen LogP contribution in [0.1, 0.15) is 58.2 Å². The molecule has 0 saturated carbocycles. The van der Waals surface area contributed by atoms with Crippen molar-refractivity contribution in [2.75, 3.05) is 6.61 Å². The van der Waals surface area contributed by atoms with Gasteiger partial charge in [-0.2, -0.15) is 0 Å². The predicted molar refractivity (Wildman–Crippen MR) is 143 cm³/mol. The van der Waals surface area contributed by atoms with Crippen molar-refractivity contribution in [3.63, 3.8) is 0 Å². The van der Waals surface area contributed by atoms with Crippen LogP contribution in [0.2, 0.25) is 0 Å². The SMILES string of the molecule is c1ccc(Cc2ccc(Cc3ccccc3Cc3ccccc3COC3CCCCO3)cc2)cc1. The Kier molecular flexibility index (Phi) is 8.05. The van der Waals surface area contributed by atoms with Crippen LogP contribution in [0.3, 0.4) is 0 Å². The number of rotatable bonds is 9. The summed E-state index contributed by atoms with van der Waals surface area (Å²) in [6.07, 6.45) is 6.09. The van der Waals surface area contributed by atoms with E-state index in [4.69, 9.17) is 9.47 Å². The van der Waals surface area contributed by atoms with Crippen LogP contribution >= 0.6 is 0 Å². The normalized spacial score (nSPS) is 15.7. The molecule has 0 radical (unpaired) electrons. The van der Waals surface area contributed by atoms with Gasteiger partial charge in [-0.25, -0.2) is 0 Å². The molecule has 0 aliphatic carbocycles. The van der Waals surface area contributed by atoms with Gasteiger partial charge in [0.1, 0.15) is 0 Å². The lowest BCUT2D eigenvalue weighted by molar-refractivity contribution is -0.169. The zero-order chi connectivity index (χ0) is 23.7. The molecular weight excluding hydrogens is 428 g/mol. The minimum atomic E-state index is -0.0612. The van der Waals surface area contributed by atoms with E-state index in [1.165, 1.54) is 45.4 Å². The maximum atomic E-state index is 6.10. The molecule has 0 bridgehead atoms. The number of benzene rings is 4. The van der Waals surface area contributed by atoms with Crippen molar-refractivity contribution >= 4 is 0 Å². The highest BCUT2D eigenvalue weighted by Gasteiger charge is 2.15. The smallest absolute Gasteiger partial charge is 0.158 e. The van der Waals surface area contributed by atoms with Crippen molar-refractivity contribution in [2.45, 2.75) is 51.4 Å². The van der Waals surface area contributed by atoms with Gasteiger partial charge in [0.05, 0.1) is 6.61 Å². The van der Waals surface area contributed by atoms with Gasteiger partial charge >= 0.3 is 0 Å². The van der Waals surface area contributed by atoms with E-state index in [9.17, 15) is 0 Å². The molecule has 1 saturated heterocycles. The Hall–Kier alpha value is -3.20. The minimum absolute atomic E-state index is 0.0612. The first-order valence-corrected chi connectivity index (χ1v) is 12.8. The highest BCUT2D eigenvalue weighted by atomic mass is 16.7. The van der Waals surface area contributed by atoms with Gasteiger partial charge in [0.25, 0.3) is 0 Å². The van der Waals surface area contributed by atoms with Crippen LogP contribution < -0.4 is 0 Å². The molecule has 4 aromatic rings. The van der Waals surface area contributed by atoms with E-state index >= 15 is 0 Å². The van der Waals surface area contributed by atoms with Crippen LogP contribution in [-0.4, -0.2) is 12.9 Å². The Morgan fingerprint density at radius 2 is 1.09 bits per heavy atom. The molecule has 1 unspecified atom stereocenters. The highest BCUT2D eigenvalue weighted by molar-refractivity contribution is 5.39. The highest BCUT2D eigenvalue weighted by Crippen LogP contribution is 2.23. The van der Waals surface area contributed by atoms with Crippen LogP contribution in [0.25, 0.3) is 0 Å². The van der Waals surface area contributed by atoms with E-state index in [-0.39, 0.29) is 6.29 Å². The Bertz CT molecular complexity index is 1190. The molecule has 2 nitrogen and oxygen atoms in total. The van der Waals surface area contributed by atoms with Crippen molar-refractivity contribution in [1.29, 1.82) is 0 Å². The largest absolute Gasteiger partial charge is 0.353 e. The third-order valence-corrected chi connectivity index (χ3v) is 6.85. The first kappa shape index (κ1) is 23.5. The summed E-state index contributed by atoms with van der Waals surface area (Å²) in [4.78, 5) is 0. The molecule has 0 aromatic heterocycles. The molecule has 5 rings (SSSR count). The molecule has 2 heteroatoms. The standard InChI is InChI=1S/C33H34O2/c1-2-10-26(11-3-1)22-27-17-19-28(20-18-27)23-29-12-4-5-13-30(29)24-31-14-6-7-15-32(31)25-35-33-16-8-9-21-34-33/h1-7,10-15,17-20,33H,8-9,16,21-25H2. The molecule has 0 amide bonds. The summed E-state index contributed by atoms with van der Waals surface area (Å²) < 4.78 is 11.9. The second-order valence-electron chi connectivity index (χ2n) is 9.48. The second-order valence-corrected chi connectivity index (χ2v) is 9.48. The molecular formula is C33H34O2. The van der Waals surface area contributed by atoms with Crippen LogP contribution in [0.15, 0.2) is 103 Å². The summed E-state index contributed by atoms with van der Waals surface area (Å²) >= 11 is 0.